The molecule has 4 N–H and O–H groups in total. The molecule has 2 aliphatic heterocycles. The number of nitrogens with one attached hydrogen (secondary N) is 3. The van der Waals surface area contributed by atoms with Crippen LogP contribution in [0.1, 0.15) is 66.2 Å². The number of amides is 3. The summed E-state index contributed by atoms with van der Waals surface area (Å²) in [5, 5.41) is 18.1. The molecular weight excluding hydrogens is 400 g/mol. The molecule has 2 aliphatic rings. The van der Waals surface area contributed by atoms with E-state index in [1.807, 2.05) is 20.8 Å². The molecule has 2 rings (SSSR count). The Morgan fingerprint density at radius 1 is 1.06 bits per heavy atom. The maximum absolute atomic E-state index is 13.4. The van der Waals surface area contributed by atoms with Gasteiger partial charge in [0.05, 0.1) is 6.04 Å². The molecule has 0 aromatic heterocycles. The summed E-state index contributed by atoms with van der Waals surface area (Å²) in [6.07, 6.45) is 3.91. The Morgan fingerprint density at radius 3 is 2.32 bits per heavy atom. The average Bonchev–Trinajstić information content (AvgIpc) is 3.41. The van der Waals surface area contributed by atoms with Crippen molar-refractivity contribution >= 4 is 23.7 Å². The van der Waals surface area contributed by atoms with Gasteiger partial charge < -0.3 is 26.0 Å². The van der Waals surface area contributed by atoms with Gasteiger partial charge in [0, 0.05) is 6.54 Å². The van der Waals surface area contributed by atoms with E-state index in [4.69, 9.17) is 0 Å². The van der Waals surface area contributed by atoms with Gasteiger partial charge in [-0.2, -0.15) is 0 Å². The van der Waals surface area contributed by atoms with E-state index in [-0.39, 0.29) is 29.7 Å². The fraction of sp³-hybridized carbons (Fsp3) is 0.818. The first kappa shape index (κ1) is 25.1. The summed E-state index contributed by atoms with van der Waals surface area (Å²) < 4.78 is 0. The van der Waals surface area contributed by atoms with E-state index in [9.17, 15) is 24.3 Å². The SMILES string of the molecule is CC[C@H](C)[C@H](NC(=O)[C@@H]1CCCN1C(=O)[C@H](CC(C)C)NC(=O)[C@@H]1CCCN1)C(=O)O. The van der Waals surface area contributed by atoms with Crippen LogP contribution in [0.5, 0.6) is 0 Å². The van der Waals surface area contributed by atoms with Crippen LogP contribution in [0.25, 0.3) is 0 Å². The van der Waals surface area contributed by atoms with Crippen LogP contribution >= 0.6 is 0 Å². The Balaban J connectivity index is 2.10. The lowest BCUT2D eigenvalue weighted by molar-refractivity contribution is -0.146. The summed E-state index contributed by atoms with van der Waals surface area (Å²) in [5.74, 6) is -2.01. The van der Waals surface area contributed by atoms with Crippen LogP contribution in [0.4, 0.5) is 0 Å². The maximum atomic E-state index is 13.4. The highest BCUT2D eigenvalue weighted by Gasteiger charge is 2.40. The molecule has 0 aromatic carbocycles. The highest BCUT2D eigenvalue weighted by atomic mass is 16.4. The highest BCUT2D eigenvalue weighted by Crippen LogP contribution is 2.21. The zero-order valence-electron chi connectivity index (χ0n) is 19.1. The molecule has 2 heterocycles. The Labute approximate surface area is 184 Å². The molecule has 5 atom stereocenters. The van der Waals surface area contributed by atoms with Gasteiger partial charge in [-0.15, -0.1) is 0 Å². The number of carbonyl (C=O) groups is 4. The van der Waals surface area contributed by atoms with Gasteiger partial charge in [0.1, 0.15) is 18.1 Å². The van der Waals surface area contributed by atoms with Crippen molar-refractivity contribution < 1.29 is 24.3 Å². The molecule has 0 spiro atoms. The van der Waals surface area contributed by atoms with Crippen LogP contribution in [0.3, 0.4) is 0 Å². The summed E-state index contributed by atoms with van der Waals surface area (Å²) in [4.78, 5) is 52.0. The first-order valence-corrected chi connectivity index (χ1v) is 11.5. The summed E-state index contributed by atoms with van der Waals surface area (Å²) in [7, 11) is 0. The quantitative estimate of drug-likeness (QED) is 0.401. The first-order valence-electron chi connectivity index (χ1n) is 11.5. The first-order chi connectivity index (χ1) is 14.6. The predicted octanol–water partition coefficient (Wildman–Crippen LogP) is 0.876. The van der Waals surface area contributed by atoms with Crippen LogP contribution in [0.2, 0.25) is 0 Å². The number of rotatable bonds is 10. The van der Waals surface area contributed by atoms with Crippen LogP contribution < -0.4 is 16.0 Å². The molecule has 3 amide bonds. The molecule has 0 aromatic rings. The van der Waals surface area contributed by atoms with Crippen LogP contribution in [-0.4, -0.2) is 71.0 Å². The molecule has 9 heteroatoms. The topological polar surface area (TPSA) is 128 Å². The van der Waals surface area contributed by atoms with E-state index in [1.54, 1.807) is 6.92 Å². The Bertz CT molecular complexity index is 662. The van der Waals surface area contributed by atoms with Crippen molar-refractivity contribution in [3.8, 4) is 0 Å². The van der Waals surface area contributed by atoms with Gasteiger partial charge in [0.25, 0.3) is 0 Å². The van der Waals surface area contributed by atoms with E-state index < -0.39 is 30.0 Å². The summed E-state index contributed by atoms with van der Waals surface area (Å²) in [6.45, 7) is 8.83. The van der Waals surface area contributed by atoms with Gasteiger partial charge >= 0.3 is 5.97 Å². The average molecular weight is 439 g/mol. The van der Waals surface area contributed by atoms with Crippen LogP contribution in [0.15, 0.2) is 0 Å². The normalized spacial score (nSPS) is 24.0. The number of carbonyl (C=O) groups excluding carboxylic acids is 3. The standard InChI is InChI=1S/C22H38N4O5/c1-5-14(4)18(22(30)31)25-20(28)17-9-7-11-26(17)21(29)16(12-13(2)3)24-19(27)15-8-6-10-23-15/h13-18,23H,5-12H2,1-4H3,(H,24,27)(H,25,28)(H,30,31)/t14-,15-,16-,17-,18-/m0/s1. The summed E-state index contributed by atoms with van der Waals surface area (Å²) >= 11 is 0. The number of carboxylic acids is 1. The van der Waals surface area contributed by atoms with E-state index in [0.29, 0.717) is 32.2 Å². The monoisotopic (exact) mass is 438 g/mol. The molecule has 2 fully saturated rings. The lowest BCUT2D eigenvalue weighted by atomic mass is 9.98. The number of likely N-dealkylation sites (tertiary alicyclic amines) is 1. The molecule has 0 unspecified atom stereocenters. The third-order valence-corrected chi connectivity index (χ3v) is 6.31. The highest BCUT2D eigenvalue weighted by molar-refractivity contribution is 5.94. The smallest absolute Gasteiger partial charge is 0.326 e. The second kappa shape index (κ2) is 11.5. The Morgan fingerprint density at radius 2 is 1.77 bits per heavy atom. The number of aliphatic carboxylic acids is 1. The van der Waals surface area contributed by atoms with Gasteiger partial charge in [-0.3, -0.25) is 14.4 Å². The number of carboxylic acid groups (broad SMARTS) is 1. The summed E-state index contributed by atoms with van der Waals surface area (Å²) in [6, 6.07) is -2.69. The van der Waals surface area contributed by atoms with Crippen molar-refractivity contribution in [3.63, 3.8) is 0 Å². The van der Waals surface area contributed by atoms with Crippen molar-refractivity contribution in [3.05, 3.63) is 0 Å². The van der Waals surface area contributed by atoms with Gasteiger partial charge in [0.15, 0.2) is 0 Å². The molecule has 0 saturated carbocycles. The van der Waals surface area contributed by atoms with Crippen molar-refractivity contribution in [2.75, 3.05) is 13.1 Å². The van der Waals surface area contributed by atoms with Gasteiger partial charge in [-0.05, 0) is 50.5 Å². The van der Waals surface area contributed by atoms with Crippen molar-refractivity contribution in [2.45, 2.75) is 90.4 Å². The van der Waals surface area contributed by atoms with E-state index in [1.165, 1.54) is 4.90 Å². The van der Waals surface area contributed by atoms with Crippen molar-refractivity contribution in [1.82, 2.24) is 20.9 Å². The van der Waals surface area contributed by atoms with Crippen molar-refractivity contribution in [1.29, 1.82) is 0 Å². The largest absolute Gasteiger partial charge is 0.480 e. The second-order valence-electron chi connectivity index (χ2n) is 9.24. The molecule has 31 heavy (non-hydrogen) atoms. The molecule has 9 nitrogen and oxygen atoms in total. The fourth-order valence-electron chi connectivity index (χ4n) is 4.31. The van der Waals surface area contributed by atoms with Gasteiger partial charge in [-0.1, -0.05) is 34.1 Å². The lowest BCUT2D eigenvalue weighted by Gasteiger charge is -2.31. The minimum absolute atomic E-state index is 0.181. The lowest BCUT2D eigenvalue weighted by Crippen LogP contribution is -2.57. The Hall–Kier alpha value is -2.16. The minimum atomic E-state index is -1.08. The molecule has 176 valence electrons. The zero-order chi connectivity index (χ0) is 23.1. The minimum Gasteiger partial charge on any atom is -0.480 e. The van der Waals surface area contributed by atoms with E-state index in [0.717, 1.165) is 19.4 Å². The molecular formula is C22H38N4O5. The predicted molar refractivity (Wildman–Crippen MR) is 116 cm³/mol. The Kier molecular flexibility index (Phi) is 9.28. The van der Waals surface area contributed by atoms with E-state index >= 15 is 0 Å². The molecule has 2 saturated heterocycles. The van der Waals surface area contributed by atoms with Gasteiger partial charge in [0.2, 0.25) is 17.7 Å². The number of hydrogen-bond donors (Lipinski definition) is 4. The molecule has 0 aliphatic carbocycles. The van der Waals surface area contributed by atoms with Gasteiger partial charge in [-0.25, -0.2) is 4.79 Å². The zero-order valence-corrected chi connectivity index (χ0v) is 19.1. The number of hydrogen-bond acceptors (Lipinski definition) is 5. The molecule has 0 bridgehead atoms. The molecule has 0 radical (unpaired) electrons. The van der Waals surface area contributed by atoms with Crippen molar-refractivity contribution in [2.24, 2.45) is 11.8 Å². The summed E-state index contributed by atoms with van der Waals surface area (Å²) in [5.41, 5.74) is 0. The van der Waals surface area contributed by atoms with E-state index in [2.05, 4.69) is 16.0 Å². The van der Waals surface area contributed by atoms with Crippen LogP contribution in [-0.2, 0) is 19.2 Å². The second-order valence-corrected chi connectivity index (χ2v) is 9.24. The third kappa shape index (κ3) is 6.66. The van der Waals surface area contributed by atoms with Crippen LogP contribution in [0, 0.1) is 11.8 Å². The fourth-order valence-corrected chi connectivity index (χ4v) is 4.31. The maximum Gasteiger partial charge on any atom is 0.326 e. The third-order valence-electron chi connectivity index (χ3n) is 6.31. The number of nitrogens with zero attached hydrogens (tertiary/aromatic N) is 1.